The topological polar surface area (TPSA) is 29.5 Å². The van der Waals surface area contributed by atoms with Gasteiger partial charge in [0.1, 0.15) is 18.2 Å². The van der Waals surface area contributed by atoms with Crippen LogP contribution in [0.4, 0.5) is 4.39 Å². The van der Waals surface area contributed by atoms with Crippen molar-refractivity contribution in [2.75, 3.05) is 0 Å². The van der Waals surface area contributed by atoms with Gasteiger partial charge in [-0.3, -0.25) is 0 Å². The molecule has 106 valence electrons. The molecule has 0 aliphatic carbocycles. The summed E-state index contributed by atoms with van der Waals surface area (Å²) in [4.78, 5) is 0. The Labute approximate surface area is 122 Å². The minimum Gasteiger partial charge on any atom is -0.489 e. The summed E-state index contributed by atoms with van der Waals surface area (Å²) < 4.78 is 19.1. The molecular formula is C16H16ClFO2. The molecule has 0 amide bonds. The Kier molecular flexibility index (Phi) is 4.99. The Morgan fingerprint density at radius 1 is 1.20 bits per heavy atom. The summed E-state index contributed by atoms with van der Waals surface area (Å²) in [7, 11) is 0. The standard InChI is InChI=1S/C16H16ClFO2/c1-11(19)9-12-5-7-13(8-6-12)20-10-14-15(17)3-2-4-16(14)18/h2-8,11,19H,9-10H2,1H3. The smallest absolute Gasteiger partial charge is 0.131 e. The molecule has 0 saturated carbocycles. The molecule has 0 fully saturated rings. The zero-order valence-electron chi connectivity index (χ0n) is 11.1. The van der Waals surface area contributed by atoms with E-state index >= 15 is 0 Å². The summed E-state index contributed by atoms with van der Waals surface area (Å²) in [5.74, 6) is 0.266. The Bertz CT molecular complexity index is 547. The van der Waals surface area contributed by atoms with E-state index in [1.807, 2.05) is 12.1 Å². The Hall–Kier alpha value is -1.58. The second-order valence-electron chi connectivity index (χ2n) is 4.69. The number of ether oxygens (including phenoxy) is 1. The summed E-state index contributed by atoms with van der Waals surface area (Å²) >= 11 is 5.93. The monoisotopic (exact) mass is 294 g/mol. The number of aliphatic hydroxyl groups excluding tert-OH is 1. The highest BCUT2D eigenvalue weighted by atomic mass is 35.5. The van der Waals surface area contributed by atoms with Gasteiger partial charge in [0.2, 0.25) is 0 Å². The third kappa shape index (κ3) is 3.95. The highest BCUT2D eigenvalue weighted by Crippen LogP contribution is 2.21. The fourth-order valence-electron chi connectivity index (χ4n) is 1.89. The lowest BCUT2D eigenvalue weighted by Crippen LogP contribution is -2.04. The molecule has 0 heterocycles. The van der Waals surface area contributed by atoms with Crippen LogP contribution in [0.15, 0.2) is 42.5 Å². The fraction of sp³-hybridized carbons (Fsp3) is 0.250. The molecule has 1 N–H and O–H groups in total. The van der Waals surface area contributed by atoms with E-state index in [1.54, 1.807) is 31.2 Å². The van der Waals surface area contributed by atoms with E-state index in [0.29, 0.717) is 22.8 Å². The van der Waals surface area contributed by atoms with Gasteiger partial charge in [-0.2, -0.15) is 0 Å². The normalized spacial score (nSPS) is 12.2. The first-order valence-corrected chi connectivity index (χ1v) is 6.77. The van der Waals surface area contributed by atoms with E-state index in [2.05, 4.69) is 0 Å². The van der Waals surface area contributed by atoms with E-state index in [0.717, 1.165) is 5.56 Å². The van der Waals surface area contributed by atoms with Gasteiger partial charge in [0.05, 0.1) is 11.1 Å². The van der Waals surface area contributed by atoms with Crippen molar-refractivity contribution >= 4 is 11.6 Å². The van der Waals surface area contributed by atoms with Crippen LogP contribution in [0, 0.1) is 5.82 Å². The molecule has 0 aromatic heterocycles. The van der Waals surface area contributed by atoms with Crippen molar-refractivity contribution in [2.24, 2.45) is 0 Å². The molecular weight excluding hydrogens is 279 g/mol. The Morgan fingerprint density at radius 3 is 2.50 bits per heavy atom. The van der Waals surface area contributed by atoms with Crippen molar-refractivity contribution in [1.82, 2.24) is 0 Å². The number of rotatable bonds is 5. The number of halogens is 2. The van der Waals surface area contributed by atoms with E-state index in [9.17, 15) is 9.50 Å². The summed E-state index contributed by atoms with van der Waals surface area (Å²) in [6.07, 6.45) is 0.221. The summed E-state index contributed by atoms with van der Waals surface area (Å²) in [5.41, 5.74) is 1.37. The maximum absolute atomic E-state index is 13.6. The van der Waals surface area contributed by atoms with Crippen molar-refractivity contribution in [1.29, 1.82) is 0 Å². The van der Waals surface area contributed by atoms with Crippen LogP contribution in [-0.2, 0) is 13.0 Å². The lowest BCUT2D eigenvalue weighted by Gasteiger charge is -2.10. The molecule has 4 heteroatoms. The van der Waals surface area contributed by atoms with Crippen molar-refractivity contribution < 1.29 is 14.2 Å². The highest BCUT2D eigenvalue weighted by Gasteiger charge is 2.07. The summed E-state index contributed by atoms with van der Waals surface area (Å²) in [5, 5.41) is 9.66. The van der Waals surface area contributed by atoms with Crippen LogP contribution >= 0.6 is 11.6 Å². The van der Waals surface area contributed by atoms with Crippen LogP contribution in [0.2, 0.25) is 5.02 Å². The maximum Gasteiger partial charge on any atom is 0.131 e. The van der Waals surface area contributed by atoms with Gasteiger partial charge in [0.25, 0.3) is 0 Å². The van der Waals surface area contributed by atoms with Gasteiger partial charge in [-0.25, -0.2) is 4.39 Å². The van der Waals surface area contributed by atoms with Crippen LogP contribution in [0.1, 0.15) is 18.1 Å². The lowest BCUT2D eigenvalue weighted by atomic mass is 10.1. The second-order valence-corrected chi connectivity index (χ2v) is 5.09. The number of aliphatic hydroxyl groups is 1. The van der Waals surface area contributed by atoms with Crippen LogP contribution < -0.4 is 4.74 Å². The third-order valence-electron chi connectivity index (χ3n) is 2.90. The van der Waals surface area contributed by atoms with Crippen LogP contribution in [0.3, 0.4) is 0 Å². The van der Waals surface area contributed by atoms with Gasteiger partial charge < -0.3 is 9.84 Å². The average molecular weight is 295 g/mol. The third-order valence-corrected chi connectivity index (χ3v) is 3.25. The molecule has 0 radical (unpaired) electrons. The predicted molar refractivity (Wildman–Crippen MR) is 77.6 cm³/mol. The number of hydrogen-bond acceptors (Lipinski definition) is 2. The number of hydrogen-bond donors (Lipinski definition) is 1. The van der Waals surface area contributed by atoms with Gasteiger partial charge in [-0.1, -0.05) is 29.8 Å². The van der Waals surface area contributed by atoms with Crippen LogP contribution in [0.5, 0.6) is 5.75 Å². The van der Waals surface area contributed by atoms with Gasteiger partial charge >= 0.3 is 0 Å². The molecule has 0 saturated heterocycles. The number of benzene rings is 2. The molecule has 0 spiro atoms. The SMILES string of the molecule is CC(O)Cc1ccc(OCc2c(F)cccc2Cl)cc1. The summed E-state index contributed by atoms with van der Waals surface area (Å²) in [6, 6.07) is 11.9. The molecule has 2 rings (SSSR count). The van der Waals surface area contributed by atoms with Gasteiger partial charge in [-0.15, -0.1) is 0 Å². The Balaban J connectivity index is 2.00. The van der Waals surface area contributed by atoms with E-state index in [-0.39, 0.29) is 18.5 Å². The van der Waals surface area contributed by atoms with Crippen molar-refractivity contribution in [2.45, 2.75) is 26.1 Å². The first-order chi connectivity index (χ1) is 9.56. The van der Waals surface area contributed by atoms with Crippen molar-refractivity contribution in [3.63, 3.8) is 0 Å². The molecule has 1 atom stereocenters. The summed E-state index contributed by atoms with van der Waals surface area (Å²) in [6.45, 7) is 1.83. The molecule has 1 unspecified atom stereocenters. The molecule has 0 aliphatic heterocycles. The van der Waals surface area contributed by atoms with Gasteiger partial charge in [0.15, 0.2) is 0 Å². The second kappa shape index (κ2) is 6.73. The lowest BCUT2D eigenvalue weighted by molar-refractivity contribution is 0.195. The first-order valence-electron chi connectivity index (χ1n) is 6.39. The predicted octanol–water partition coefficient (Wildman–Crippen LogP) is 3.98. The van der Waals surface area contributed by atoms with Crippen LogP contribution in [-0.4, -0.2) is 11.2 Å². The van der Waals surface area contributed by atoms with Crippen LogP contribution in [0.25, 0.3) is 0 Å². The molecule has 20 heavy (non-hydrogen) atoms. The van der Waals surface area contributed by atoms with Crippen molar-refractivity contribution in [3.8, 4) is 5.75 Å². The van der Waals surface area contributed by atoms with E-state index < -0.39 is 0 Å². The first kappa shape index (κ1) is 14.8. The van der Waals surface area contributed by atoms with Crippen molar-refractivity contribution in [3.05, 3.63) is 64.4 Å². The fourth-order valence-corrected chi connectivity index (χ4v) is 2.11. The minimum atomic E-state index is -0.376. The van der Waals surface area contributed by atoms with Gasteiger partial charge in [0, 0.05) is 5.56 Å². The molecule has 2 aromatic rings. The Morgan fingerprint density at radius 2 is 1.90 bits per heavy atom. The maximum atomic E-state index is 13.6. The average Bonchev–Trinajstić information content (AvgIpc) is 2.39. The van der Waals surface area contributed by atoms with E-state index in [4.69, 9.17) is 16.3 Å². The molecule has 2 nitrogen and oxygen atoms in total. The highest BCUT2D eigenvalue weighted by molar-refractivity contribution is 6.31. The van der Waals surface area contributed by atoms with E-state index in [1.165, 1.54) is 6.07 Å². The van der Waals surface area contributed by atoms with Gasteiger partial charge in [-0.05, 0) is 43.2 Å². The molecule has 2 aromatic carbocycles. The zero-order chi connectivity index (χ0) is 14.5. The molecule has 0 bridgehead atoms. The quantitative estimate of drug-likeness (QED) is 0.904. The largest absolute Gasteiger partial charge is 0.489 e. The molecule has 0 aliphatic rings. The zero-order valence-corrected chi connectivity index (χ0v) is 11.9. The minimum absolute atomic E-state index is 0.0846.